The first-order chi connectivity index (χ1) is 13.6. The molecule has 9 nitrogen and oxygen atoms in total. The van der Waals surface area contributed by atoms with Crippen LogP contribution in [0.15, 0.2) is 43.0 Å². The fraction of sp³-hybridized carbons (Fsp3) is 0.111. The molecule has 4 rings (SSSR count). The van der Waals surface area contributed by atoms with Gasteiger partial charge in [-0.15, -0.1) is 0 Å². The molecule has 28 heavy (non-hydrogen) atoms. The Kier molecular flexibility index (Phi) is 4.47. The van der Waals surface area contributed by atoms with Gasteiger partial charge >= 0.3 is 0 Å². The maximum absolute atomic E-state index is 9.36. The van der Waals surface area contributed by atoms with Crippen molar-refractivity contribution < 1.29 is 0 Å². The van der Waals surface area contributed by atoms with Gasteiger partial charge in [0.25, 0.3) is 0 Å². The molecule has 0 aliphatic carbocycles. The zero-order chi connectivity index (χ0) is 19.7. The first-order valence-electron chi connectivity index (χ1n) is 8.31. The van der Waals surface area contributed by atoms with Crippen molar-refractivity contribution >= 4 is 28.9 Å². The summed E-state index contributed by atoms with van der Waals surface area (Å²) in [6, 6.07) is 9.18. The lowest BCUT2D eigenvalue weighted by atomic mass is 10.0. The summed E-state index contributed by atoms with van der Waals surface area (Å²) in [5.41, 5.74) is 8.69. The first kappa shape index (κ1) is 17.6. The number of anilines is 2. The first-order valence-corrected chi connectivity index (χ1v) is 8.69. The summed E-state index contributed by atoms with van der Waals surface area (Å²) in [4.78, 5) is 16.7. The van der Waals surface area contributed by atoms with E-state index in [1.807, 2.05) is 37.3 Å². The van der Waals surface area contributed by atoms with Crippen molar-refractivity contribution in [2.24, 2.45) is 0 Å². The minimum atomic E-state index is -0.286. The van der Waals surface area contributed by atoms with Gasteiger partial charge in [-0.1, -0.05) is 17.7 Å². The van der Waals surface area contributed by atoms with Crippen LogP contribution in [0.5, 0.6) is 0 Å². The van der Waals surface area contributed by atoms with Gasteiger partial charge in [0.15, 0.2) is 10.8 Å². The van der Waals surface area contributed by atoms with Crippen molar-refractivity contribution in [2.45, 2.75) is 13.0 Å². The number of imidazole rings is 1. The van der Waals surface area contributed by atoms with E-state index in [2.05, 4.69) is 30.4 Å². The number of hydrogen-bond donors (Lipinski definition) is 2. The van der Waals surface area contributed by atoms with Crippen LogP contribution in [0.1, 0.15) is 24.1 Å². The van der Waals surface area contributed by atoms with Crippen LogP contribution in [0.3, 0.4) is 0 Å². The number of halogens is 1. The normalized spacial score (nSPS) is 11.9. The molecule has 0 radical (unpaired) electrons. The van der Waals surface area contributed by atoms with Crippen molar-refractivity contribution in [3.63, 3.8) is 0 Å². The summed E-state index contributed by atoms with van der Waals surface area (Å²) >= 11 is 6.19. The Morgan fingerprint density at radius 2 is 2.11 bits per heavy atom. The van der Waals surface area contributed by atoms with E-state index in [1.165, 1.54) is 12.5 Å². The van der Waals surface area contributed by atoms with Crippen LogP contribution in [0, 0.1) is 11.3 Å². The van der Waals surface area contributed by atoms with Crippen molar-refractivity contribution in [3.8, 4) is 17.5 Å². The molecule has 0 spiro atoms. The molecule has 4 heterocycles. The van der Waals surface area contributed by atoms with Crippen molar-refractivity contribution in [3.05, 3.63) is 59.3 Å². The van der Waals surface area contributed by atoms with Crippen LogP contribution < -0.4 is 11.1 Å². The van der Waals surface area contributed by atoms with Gasteiger partial charge in [0.1, 0.15) is 35.3 Å². The maximum atomic E-state index is 9.36. The fourth-order valence-corrected chi connectivity index (χ4v) is 3.01. The molecular formula is C18H14ClN9. The molecule has 1 unspecified atom stereocenters. The number of nitriles is 1. The van der Waals surface area contributed by atoms with E-state index in [9.17, 15) is 5.26 Å². The van der Waals surface area contributed by atoms with E-state index in [0.717, 1.165) is 5.56 Å². The van der Waals surface area contributed by atoms with Crippen LogP contribution in [-0.2, 0) is 0 Å². The molecule has 0 amide bonds. The Morgan fingerprint density at radius 1 is 1.25 bits per heavy atom. The Hall–Kier alpha value is -3.77. The monoisotopic (exact) mass is 391 g/mol. The predicted molar refractivity (Wildman–Crippen MR) is 104 cm³/mol. The highest BCUT2D eigenvalue weighted by Gasteiger charge is 2.20. The highest BCUT2D eigenvalue weighted by atomic mass is 35.5. The lowest BCUT2D eigenvalue weighted by molar-refractivity contribution is 0.837. The standard InChI is InChI=1S/C18H14ClN9/c1-10(26-18-12(7-20)17(21)24-9-25-18)11-6-15-23-8-14(19)28(15)27-16(11)13-4-2-3-5-22-13/h2-6,8-10H,1H3,(H3,21,24,25,26). The van der Waals surface area contributed by atoms with Gasteiger partial charge in [0.2, 0.25) is 0 Å². The van der Waals surface area contributed by atoms with Gasteiger partial charge in [-0.2, -0.15) is 10.4 Å². The molecule has 10 heteroatoms. The summed E-state index contributed by atoms with van der Waals surface area (Å²) in [6.45, 7) is 1.92. The largest absolute Gasteiger partial charge is 0.382 e. The average Bonchev–Trinajstić information content (AvgIpc) is 3.08. The molecule has 138 valence electrons. The molecular weight excluding hydrogens is 378 g/mol. The van der Waals surface area contributed by atoms with E-state index < -0.39 is 0 Å². The fourth-order valence-electron chi connectivity index (χ4n) is 2.83. The lowest BCUT2D eigenvalue weighted by Crippen LogP contribution is -2.14. The van der Waals surface area contributed by atoms with E-state index in [1.54, 1.807) is 10.7 Å². The SMILES string of the molecule is CC(Nc1ncnc(N)c1C#N)c1cc2ncc(Cl)n2nc1-c1ccccn1. The summed E-state index contributed by atoms with van der Waals surface area (Å²) in [6.07, 6.45) is 4.53. The van der Waals surface area contributed by atoms with Gasteiger partial charge in [-0.3, -0.25) is 4.98 Å². The average molecular weight is 392 g/mol. The number of nitrogen functional groups attached to an aromatic ring is 1. The van der Waals surface area contributed by atoms with E-state index in [0.29, 0.717) is 28.0 Å². The van der Waals surface area contributed by atoms with Crippen molar-refractivity contribution in [1.82, 2.24) is 29.5 Å². The Bertz CT molecular complexity index is 1200. The molecule has 0 aliphatic rings. The van der Waals surface area contributed by atoms with E-state index in [4.69, 9.17) is 17.3 Å². The summed E-state index contributed by atoms with van der Waals surface area (Å²) in [7, 11) is 0. The van der Waals surface area contributed by atoms with Gasteiger partial charge < -0.3 is 11.1 Å². The van der Waals surface area contributed by atoms with Crippen LogP contribution >= 0.6 is 11.6 Å². The molecule has 3 N–H and O–H groups in total. The Morgan fingerprint density at radius 3 is 2.86 bits per heavy atom. The second-order valence-electron chi connectivity index (χ2n) is 5.97. The van der Waals surface area contributed by atoms with Crippen molar-refractivity contribution in [2.75, 3.05) is 11.1 Å². The molecule has 1 atom stereocenters. The number of fused-ring (bicyclic) bond motifs is 1. The quantitative estimate of drug-likeness (QED) is 0.542. The van der Waals surface area contributed by atoms with Crippen LogP contribution in [-0.4, -0.2) is 29.5 Å². The summed E-state index contributed by atoms with van der Waals surface area (Å²) < 4.78 is 1.55. The summed E-state index contributed by atoms with van der Waals surface area (Å²) in [5, 5.41) is 17.6. The van der Waals surface area contributed by atoms with Crippen LogP contribution in [0.25, 0.3) is 17.0 Å². The topological polar surface area (TPSA) is 131 Å². The second-order valence-corrected chi connectivity index (χ2v) is 6.36. The van der Waals surface area contributed by atoms with Gasteiger partial charge in [0, 0.05) is 11.8 Å². The number of nitrogens with zero attached hydrogens (tertiary/aromatic N) is 7. The number of rotatable bonds is 4. The minimum absolute atomic E-state index is 0.116. The lowest BCUT2D eigenvalue weighted by Gasteiger charge is -2.19. The minimum Gasteiger partial charge on any atom is -0.382 e. The molecule has 4 aromatic heterocycles. The number of hydrogen-bond acceptors (Lipinski definition) is 8. The highest BCUT2D eigenvalue weighted by Crippen LogP contribution is 2.30. The molecule has 0 bridgehead atoms. The highest BCUT2D eigenvalue weighted by molar-refractivity contribution is 6.29. The molecule has 0 saturated carbocycles. The Balaban J connectivity index is 1.83. The smallest absolute Gasteiger partial charge is 0.155 e. The van der Waals surface area contributed by atoms with Crippen molar-refractivity contribution in [1.29, 1.82) is 5.26 Å². The second kappa shape index (κ2) is 7.09. The van der Waals surface area contributed by atoms with E-state index >= 15 is 0 Å². The molecule has 0 aliphatic heterocycles. The third-order valence-electron chi connectivity index (χ3n) is 4.20. The molecule has 0 aromatic carbocycles. The van der Waals surface area contributed by atoms with Crippen LogP contribution in [0.2, 0.25) is 5.15 Å². The molecule has 0 saturated heterocycles. The summed E-state index contributed by atoms with van der Waals surface area (Å²) in [5.74, 6) is 0.460. The third-order valence-corrected chi connectivity index (χ3v) is 4.45. The number of pyridine rings is 1. The van der Waals surface area contributed by atoms with Crippen LogP contribution in [0.4, 0.5) is 11.6 Å². The number of aromatic nitrogens is 6. The number of nitrogens with one attached hydrogen (secondary N) is 1. The zero-order valence-corrected chi connectivity index (χ0v) is 15.5. The zero-order valence-electron chi connectivity index (χ0n) is 14.7. The Labute approximate surface area is 164 Å². The van der Waals surface area contributed by atoms with Gasteiger partial charge in [-0.25, -0.2) is 19.5 Å². The van der Waals surface area contributed by atoms with Gasteiger partial charge in [0.05, 0.1) is 17.9 Å². The third kappa shape index (κ3) is 3.06. The van der Waals surface area contributed by atoms with Gasteiger partial charge in [-0.05, 0) is 25.1 Å². The maximum Gasteiger partial charge on any atom is 0.155 e. The molecule has 4 aromatic rings. The van der Waals surface area contributed by atoms with E-state index in [-0.39, 0.29) is 17.4 Å². The number of nitrogens with two attached hydrogens (primary N) is 1. The molecule has 0 fully saturated rings. The predicted octanol–water partition coefficient (Wildman–Crippen LogP) is 2.86.